The molecule has 1 aromatic heterocycles. The van der Waals surface area contributed by atoms with E-state index in [1.807, 2.05) is 0 Å². The number of hydrogen-bond acceptors (Lipinski definition) is 4. The molecule has 0 amide bonds. The maximum atomic E-state index is 12.4. The van der Waals surface area contributed by atoms with E-state index < -0.39 is 10.0 Å². The minimum absolute atomic E-state index is 0.187. The molecule has 0 spiro atoms. The summed E-state index contributed by atoms with van der Waals surface area (Å²) in [6.07, 6.45) is 3.24. The Morgan fingerprint density at radius 2 is 2.19 bits per heavy atom. The highest BCUT2D eigenvalue weighted by molar-refractivity contribution is 7.89. The predicted molar refractivity (Wildman–Crippen MR) is 81.5 cm³/mol. The molecule has 0 aliphatic rings. The number of nitrogens with zero attached hydrogens (tertiary/aromatic N) is 1. The first kappa shape index (κ1) is 16.0. The molecule has 21 heavy (non-hydrogen) atoms. The number of benzene rings is 1. The Kier molecular flexibility index (Phi) is 5.00. The minimum Gasteiger partial charge on any atom is -0.316 e. The fraction of sp³-hybridized carbons (Fsp3) is 0.308. The second-order valence-corrected chi connectivity index (χ2v) is 6.78. The maximum Gasteiger partial charge on any atom is 0.241 e. The van der Waals surface area contributed by atoms with Gasteiger partial charge in [0.25, 0.3) is 0 Å². The molecule has 1 atom stereocenters. The SMILES string of the molecule is CNCc1cc(S(=O)(=O)NC(C)c2cn[nH]c2)ccc1Cl. The topological polar surface area (TPSA) is 86.9 Å². The van der Waals surface area contributed by atoms with E-state index in [0.29, 0.717) is 11.6 Å². The molecule has 1 aromatic carbocycles. The largest absolute Gasteiger partial charge is 0.316 e. The molecule has 1 heterocycles. The first-order valence-corrected chi connectivity index (χ1v) is 8.24. The summed E-state index contributed by atoms with van der Waals surface area (Å²) in [5, 5.41) is 9.96. The van der Waals surface area contributed by atoms with Crippen molar-refractivity contribution >= 4 is 21.6 Å². The first-order chi connectivity index (χ1) is 9.94. The number of H-pyrrole nitrogens is 1. The lowest BCUT2D eigenvalue weighted by atomic mass is 10.2. The first-order valence-electron chi connectivity index (χ1n) is 6.38. The molecule has 0 aliphatic heterocycles. The molecule has 1 unspecified atom stereocenters. The summed E-state index contributed by atoms with van der Waals surface area (Å²) in [7, 11) is -1.85. The van der Waals surface area contributed by atoms with Gasteiger partial charge in [-0.25, -0.2) is 13.1 Å². The van der Waals surface area contributed by atoms with Gasteiger partial charge in [0, 0.05) is 29.4 Å². The van der Waals surface area contributed by atoms with Crippen molar-refractivity contribution in [2.24, 2.45) is 0 Å². The van der Waals surface area contributed by atoms with Crippen LogP contribution >= 0.6 is 11.6 Å². The summed E-state index contributed by atoms with van der Waals surface area (Å²) in [5.41, 5.74) is 1.50. The molecular formula is C13H17ClN4O2S. The fourth-order valence-electron chi connectivity index (χ4n) is 1.91. The van der Waals surface area contributed by atoms with Gasteiger partial charge >= 0.3 is 0 Å². The van der Waals surface area contributed by atoms with Gasteiger partial charge in [0.05, 0.1) is 11.1 Å². The summed E-state index contributed by atoms with van der Waals surface area (Å²) in [6, 6.07) is 4.28. The van der Waals surface area contributed by atoms with Gasteiger partial charge in [-0.15, -0.1) is 0 Å². The molecule has 6 nitrogen and oxygen atoms in total. The van der Waals surface area contributed by atoms with Crippen LogP contribution < -0.4 is 10.0 Å². The number of rotatable bonds is 6. The van der Waals surface area contributed by atoms with Crippen molar-refractivity contribution in [3.8, 4) is 0 Å². The molecule has 2 aromatic rings. The minimum atomic E-state index is -3.62. The Morgan fingerprint density at radius 1 is 1.43 bits per heavy atom. The van der Waals surface area contributed by atoms with Gasteiger partial charge in [0.15, 0.2) is 0 Å². The number of aromatic nitrogens is 2. The van der Waals surface area contributed by atoms with Crippen LogP contribution in [-0.4, -0.2) is 25.7 Å². The van der Waals surface area contributed by atoms with Crippen molar-refractivity contribution in [1.82, 2.24) is 20.2 Å². The summed E-state index contributed by atoms with van der Waals surface area (Å²) >= 11 is 6.04. The lowest BCUT2D eigenvalue weighted by molar-refractivity contribution is 0.567. The molecule has 0 bridgehead atoms. The Bertz CT molecular complexity index is 701. The van der Waals surface area contributed by atoms with Gasteiger partial charge in [-0.1, -0.05) is 11.6 Å². The third-order valence-corrected chi connectivity index (χ3v) is 4.95. The smallest absolute Gasteiger partial charge is 0.241 e. The van der Waals surface area contributed by atoms with Crippen LogP contribution in [0.5, 0.6) is 0 Å². The van der Waals surface area contributed by atoms with Crippen LogP contribution in [0.2, 0.25) is 5.02 Å². The number of aromatic amines is 1. The number of nitrogens with one attached hydrogen (secondary N) is 3. The standard InChI is InChI=1S/C13H17ClN4O2S/c1-9(11-7-16-17-8-11)18-21(19,20)12-3-4-13(14)10(5-12)6-15-2/h3-5,7-9,15,18H,6H2,1-2H3,(H,16,17). The van der Waals surface area contributed by atoms with Crippen LogP contribution in [0.3, 0.4) is 0 Å². The van der Waals surface area contributed by atoms with E-state index in [9.17, 15) is 8.42 Å². The van der Waals surface area contributed by atoms with Crippen molar-refractivity contribution in [1.29, 1.82) is 0 Å². The van der Waals surface area contributed by atoms with Gasteiger partial charge in [-0.2, -0.15) is 5.10 Å². The average Bonchev–Trinajstić information content (AvgIpc) is 2.95. The van der Waals surface area contributed by atoms with Crippen LogP contribution in [-0.2, 0) is 16.6 Å². The van der Waals surface area contributed by atoms with E-state index in [1.165, 1.54) is 6.07 Å². The number of hydrogen-bond donors (Lipinski definition) is 3. The lowest BCUT2D eigenvalue weighted by Gasteiger charge is -2.14. The molecule has 0 saturated heterocycles. The molecule has 8 heteroatoms. The predicted octanol–water partition coefficient (Wildman–Crippen LogP) is 1.82. The zero-order chi connectivity index (χ0) is 15.5. The molecule has 0 aliphatic carbocycles. The summed E-state index contributed by atoms with van der Waals surface area (Å²) in [4.78, 5) is 0.187. The normalized spacial score (nSPS) is 13.3. The van der Waals surface area contributed by atoms with Crippen molar-refractivity contribution in [3.05, 3.63) is 46.7 Å². The fourth-order valence-corrected chi connectivity index (χ4v) is 3.38. The third-order valence-electron chi connectivity index (χ3n) is 3.05. The molecule has 0 saturated carbocycles. The van der Waals surface area contributed by atoms with Crippen LogP contribution in [0.1, 0.15) is 24.1 Å². The van der Waals surface area contributed by atoms with E-state index in [0.717, 1.165) is 11.1 Å². The molecule has 114 valence electrons. The second-order valence-electron chi connectivity index (χ2n) is 4.66. The van der Waals surface area contributed by atoms with E-state index >= 15 is 0 Å². The van der Waals surface area contributed by atoms with Gasteiger partial charge in [0.2, 0.25) is 10.0 Å². The highest BCUT2D eigenvalue weighted by atomic mass is 35.5. The Hall–Kier alpha value is -1.41. The second kappa shape index (κ2) is 6.57. The van der Waals surface area contributed by atoms with Crippen molar-refractivity contribution in [2.45, 2.75) is 24.4 Å². The van der Waals surface area contributed by atoms with Crippen LogP contribution in [0.25, 0.3) is 0 Å². The highest BCUT2D eigenvalue weighted by Gasteiger charge is 2.19. The van der Waals surface area contributed by atoms with E-state index in [2.05, 4.69) is 20.2 Å². The molecular weight excluding hydrogens is 312 g/mol. The lowest BCUT2D eigenvalue weighted by Crippen LogP contribution is -2.26. The zero-order valence-corrected chi connectivity index (χ0v) is 13.3. The molecule has 0 fully saturated rings. The Labute approximate surface area is 129 Å². The van der Waals surface area contributed by atoms with Crippen molar-refractivity contribution in [2.75, 3.05) is 7.05 Å². The third kappa shape index (κ3) is 3.82. The van der Waals surface area contributed by atoms with E-state index in [1.54, 1.807) is 38.5 Å². The van der Waals surface area contributed by atoms with Crippen LogP contribution in [0.4, 0.5) is 0 Å². The molecule has 0 radical (unpaired) electrons. The van der Waals surface area contributed by atoms with Gasteiger partial charge in [0.1, 0.15) is 0 Å². The Balaban J connectivity index is 2.25. The summed E-state index contributed by atoms with van der Waals surface area (Å²) in [5.74, 6) is 0. The quantitative estimate of drug-likeness (QED) is 0.755. The van der Waals surface area contributed by atoms with Gasteiger partial charge < -0.3 is 5.32 Å². The molecule has 2 rings (SSSR count). The summed E-state index contributed by atoms with van der Waals surface area (Å²) < 4.78 is 27.4. The van der Waals surface area contributed by atoms with Gasteiger partial charge in [-0.3, -0.25) is 5.10 Å². The zero-order valence-electron chi connectivity index (χ0n) is 11.7. The summed E-state index contributed by atoms with van der Waals surface area (Å²) in [6.45, 7) is 2.26. The number of sulfonamides is 1. The maximum absolute atomic E-state index is 12.4. The monoisotopic (exact) mass is 328 g/mol. The van der Waals surface area contributed by atoms with E-state index in [4.69, 9.17) is 11.6 Å². The molecule has 3 N–H and O–H groups in total. The average molecular weight is 329 g/mol. The number of halogens is 1. The van der Waals surface area contributed by atoms with Gasteiger partial charge in [-0.05, 0) is 37.7 Å². The van der Waals surface area contributed by atoms with Crippen molar-refractivity contribution < 1.29 is 8.42 Å². The van der Waals surface area contributed by atoms with Crippen LogP contribution in [0, 0.1) is 0 Å². The van der Waals surface area contributed by atoms with Crippen molar-refractivity contribution in [3.63, 3.8) is 0 Å². The van der Waals surface area contributed by atoms with E-state index in [-0.39, 0.29) is 10.9 Å². The highest BCUT2D eigenvalue weighted by Crippen LogP contribution is 2.22. The van der Waals surface area contributed by atoms with Crippen LogP contribution in [0.15, 0.2) is 35.5 Å². The Morgan fingerprint density at radius 3 is 2.81 bits per heavy atom.